The molecule has 2 rings (SSSR count). The molecule has 1 aliphatic carbocycles. The van der Waals surface area contributed by atoms with E-state index in [4.69, 9.17) is 0 Å². The van der Waals surface area contributed by atoms with Crippen LogP contribution in [0.3, 0.4) is 0 Å². The molecule has 0 atom stereocenters. The molecular formula is C14H20N4O3. The number of hydrogen-bond donors (Lipinski definition) is 2. The molecule has 7 heteroatoms. The Morgan fingerprint density at radius 1 is 1.19 bits per heavy atom. The molecule has 1 aromatic rings. The Morgan fingerprint density at radius 3 is 2.33 bits per heavy atom. The molecule has 2 N–H and O–H groups in total. The van der Waals surface area contributed by atoms with Crippen molar-refractivity contribution in [1.29, 1.82) is 0 Å². The van der Waals surface area contributed by atoms with E-state index < -0.39 is 11.5 Å². The van der Waals surface area contributed by atoms with Crippen LogP contribution in [-0.2, 0) is 4.79 Å². The maximum absolute atomic E-state index is 11.7. The average molecular weight is 292 g/mol. The minimum Gasteiger partial charge on any atom is -0.480 e. The van der Waals surface area contributed by atoms with Crippen LogP contribution in [0.15, 0.2) is 12.1 Å². The number of carboxylic acid groups (broad SMARTS) is 1. The molecule has 0 spiro atoms. The predicted molar refractivity (Wildman–Crippen MR) is 77.1 cm³/mol. The molecule has 1 heterocycles. The summed E-state index contributed by atoms with van der Waals surface area (Å²) >= 11 is 0. The number of anilines is 1. The summed E-state index contributed by atoms with van der Waals surface area (Å²) < 4.78 is 0. The fraction of sp³-hybridized carbons (Fsp3) is 0.571. The van der Waals surface area contributed by atoms with Crippen molar-refractivity contribution >= 4 is 17.7 Å². The number of carbonyl (C=O) groups is 2. The lowest BCUT2D eigenvalue weighted by molar-refractivity contribution is -0.143. The first kappa shape index (κ1) is 15.2. The zero-order chi connectivity index (χ0) is 15.5. The molecule has 1 amide bonds. The molecule has 7 nitrogen and oxygen atoms in total. The Hall–Kier alpha value is -2.18. The normalized spacial score (nSPS) is 17.0. The fourth-order valence-corrected chi connectivity index (χ4v) is 2.53. The van der Waals surface area contributed by atoms with E-state index in [2.05, 4.69) is 15.5 Å². The van der Waals surface area contributed by atoms with Crippen LogP contribution < -0.4 is 5.32 Å². The summed E-state index contributed by atoms with van der Waals surface area (Å²) in [6, 6.07) is 3.15. The van der Waals surface area contributed by atoms with Crippen molar-refractivity contribution < 1.29 is 14.7 Å². The van der Waals surface area contributed by atoms with Crippen LogP contribution in [0, 0.1) is 0 Å². The van der Waals surface area contributed by atoms with E-state index >= 15 is 0 Å². The molecule has 0 radical (unpaired) electrons. The van der Waals surface area contributed by atoms with Crippen molar-refractivity contribution in [2.75, 3.05) is 19.4 Å². The molecule has 21 heavy (non-hydrogen) atoms. The minimum absolute atomic E-state index is 0.235. The highest BCUT2D eigenvalue weighted by Crippen LogP contribution is 2.31. The van der Waals surface area contributed by atoms with Crippen molar-refractivity contribution in [2.45, 2.75) is 37.6 Å². The van der Waals surface area contributed by atoms with Gasteiger partial charge in [0.25, 0.3) is 5.91 Å². The first-order valence-corrected chi connectivity index (χ1v) is 7.01. The quantitative estimate of drug-likeness (QED) is 0.870. The largest absolute Gasteiger partial charge is 0.480 e. The van der Waals surface area contributed by atoms with Crippen molar-refractivity contribution in [2.24, 2.45) is 0 Å². The molecule has 0 unspecified atom stereocenters. The Balaban J connectivity index is 2.15. The molecule has 0 saturated heterocycles. The monoisotopic (exact) mass is 292 g/mol. The van der Waals surface area contributed by atoms with E-state index in [0.29, 0.717) is 18.7 Å². The van der Waals surface area contributed by atoms with Gasteiger partial charge in [-0.1, -0.05) is 19.3 Å². The maximum atomic E-state index is 11.7. The van der Waals surface area contributed by atoms with Crippen molar-refractivity contribution in [3.05, 3.63) is 17.8 Å². The van der Waals surface area contributed by atoms with Gasteiger partial charge in [-0.05, 0) is 25.0 Å². The maximum Gasteiger partial charge on any atom is 0.329 e. The highest BCUT2D eigenvalue weighted by molar-refractivity contribution is 5.91. The van der Waals surface area contributed by atoms with Gasteiger partial charge in [-0.3, -0.25) is 4.79 Å². The Labute approximate surface area is 123 Å². The number of rotatable bonds is 4. The van der Waals surface area contributed by atoms with E-state index in [0.717, 1.165) is 19.3 Å². The molecule has 0 aliphatic heterocycles. The summed E-state index contributed by atoms with van der Waals surface area (Å²) in [6.07, 6.45) is 3.96. The van der Waals surface area contributed by atoms with Gasteiger partial charge in [0.1, 0.15) is 11.4 Å². The second-order valence-electron chi connectivity index (χ2n) is 5.58. The van der Waals surface area contributed by atoms with Gasteiger partial charge < -0.3 is 15.3 Å². The number of carbonyl (C=O) groups excluding carboxylic acids is 1. The van der Waals surface area contributed by atoms with Crippen LogP contribution in [0.4, 0.5) is 5.82 Å². The van der Waals surface area contributed by atoms with Crippen LogP contribution >= 0.6 is 0 Å². The summed E-state index contributed by atoms with van der Waals surface area (Å²) in [7, 11) is 3.27. The van der Waals surface area contributed by atoms with E-state index in [1.165, 1.54) is 4.90 Å². The molecule has 1 aromatic heterocycles. The van der Waals surface area contributed by atoms with E-state index in [1.807, 2.05) is 0 Å². The molecule has 1 fully saturated rings. The molecule has 1 aliphatic rings. The Morgan fingerprint density at radius 2 is 1.86 bits per heavy atom. The fourth-order valence-electron chi connectivity index (χ4n) is 2.53. The van der Waals surface area contributed by atoms with Gasteiger partial charge in [-0.25, -0.2) is 4.79 Å². The lowest BCUT2D eigenvalue weighted by atomic mass is 9.81. The van der Waals surface area contributed by atoms with Crippen molar-refractivity contribution in [3.63, 3.8) is 0 Å². The highest BCUT2D eigenvalue weighted by Gasteiger charge is 2.39. The van der Waals surface area contributed by atoms with E-state index in [-0.39, 0.29) is 11.6 Å². The van der Waals surface area contributed by atoms with Crippen molar-refractivity contribution in [1.82, 2.24) is 15.1 Å². The summed E-state index contributed by atoms with van der Waals surface area (Å²) in [5.41, 5.74) is -0.737. The van der Waals surface area contributed by atoms with E-state index in [1.54, 1.807) is 26.2 Å². The predicted octanol–water partition coefficient (Wildman–Crippen LogP) is 1.38. The second kappa shape index (κ2) is 6.07. The minimum atomic E-state index is -0.972. The third-order valence-electron chi connectivity index (χ3n) is 3.77. The molecule has 0 aromatic carbocycles. The third-order valence-corrected chi connectivity index (χ3v) is 3.77. The topological polar surface area (TPSA) is 95.4 Å². The number of nitrogens with zero attached hydrogens (tertiary/aromatic N) is 3. The number of carboxylic acids is 1. The van der Waals surface area contributed by atoms with Gasteiger partial charge in [0.05, 0.1) is 0 Å². The molecular weight excluding hydrogens is 272 g/mol. The second-order valence-corrected chi connectivity index (χ2v) is 5.58. The Kier molecular flexibility index (Phi) is 4.40. The van der Waals surface area contributed by atoms with Crippen LogP contribution in [0.1, 0.15) is 42.6 Å². The zero-order valence-electron chi connectivity index (χ0n) is 12.3. The molecule has 1 saturated carbocycles. The van der Waals surface area contributed by atoms with Crippen LogP contribution in [0.5, 0.6) is 0 Å². The van der Waals surface area contributed by atoms with Crippen LogP contribution in [0.25, 0.3) is 0 Å². The Bertz CT molecular complexity index is 522. The summed E-state index contributed by atoms with van der Waals surface area (Å²) in [5.74, 6) is -0.716. The van der Waals surface area contributed by atoms with Gasteiger partial charge in [-0.2, -0.15) is 0 Å². The van der Waals surface area contributed by atoms with Gasteiger partial charge in [0, 0.05) is 14.1 Å². The van der Waals surface area contributed by atoms with E-state index in [9.17, 15) is 14.7 Å². The SMILES string of the molecule is CN(C)C(=O)c1ccc(NC2(C(=O)O)CCCCC2)nn1. The number of amides is 1. The summed E-state index contributed by atoms with van der Waals surface area (Å²) in [4.78, 5) is 24.7. The first-order valence-electron chi connectivity index (χ1n) is 7.01. The van der Waals surface area contributed by atoms with Crippen LogP contribution in [0.2, 0.25) is 0 Å². The third kappa shape index (κ3) is 3.29. The summed E-state index contributed by atoms with van der Waals surface area (Å²) in [5, 5.41) is 20.3. The summed E-state index contributed by atoms with van der Waals surface area (Å²) in [6.45, 7) is 0. The first-order chi connectivity index (χ1) is 9.94. The van der Waals surface area contributed by atoms with Gasteiger partial charge >= 0.3 is 5.97 Å². The standard InChI is InChI=1S/C14H20N4O3/c1-18(2)12(19)10-6-7-11(17-16-10)15-14(13(20)21)8-4-3-5-9-14/h6-7H,3-5,8-9H2,1-2H3,(H,15,17)(H,20,21). The van der Waals surface area contributed by atoms with Crippen molar-refractivity contribution in [3.8, 4) is 0 Å². The molecule has 0 bridgehead atoms. The number of nitrogens with one attached hydrogen (secondary N) is 1. The smallest absolute Gasteiger partial charge is 0.329 e. The molecule has 114 valence electrons. The lowest BCUT2D eigenvalue weighted by Gasteiger charge is -2.34. The zero-order valence-corrected chi connectivity index (χ0v) is 12.3. The van der Waals surface area contributed by atoms with Gasteiger partial charge in [-0.15, -0.1) is 10.2 Å². The number of hydrogen-bond acceptors (Lipinski definition) is 5. The van der Waals surface area contributed by atoms with Gasteiger partial charge in [0.2, 0.25) is 0 Å². The van der Waals surface area contributed by atoms with Gasteiger partial charge in [0.15, 0.2) is 5.69 Å². The van der Waals surface area contributed by atoms with Crippen LogP contribution in [-0.4, -0.2) is 51.7 Å². The average Bonchev–Trinajstić information content (AvgIpc) is 2.48. The highest BCUT2D eigenvalue weighted by atomic mass is 16.4. The number of aromatic nitrogens is 2. The lowest BCUT2D eigenvalue weighted by Crippen LogP contribution is -2.48. The number of aliphatic carboxylic acids is 1.